The van der Waals surface area contributed by atoms with Crippen LogP contribution in [0.15, 0.2) is 24.3 Å². The van der Waals surface area contributed by atoms with Gasteiger partial charge < -0.3 is 10.4 Å². The minimum Gasteiger partial charge on any atom is -0.480 e. The highest BCUT2D eigenvalue weighted by Crippen LogP contribution is 2.46. The number of carbonyl (C=O) groups is 2. The molecule has 0 spiro atoms. The molecule has 2 aliphatic rings. The smallest absolute Gasteiger partial charge is 0.319 e. The summed E-state index contributed by atoms with van der Waals surface area (Å²) in [7, 11) is -3.22. The third-order valence-electron chi connectivity index (χ3n) is 5.21. The first-order valence-corrected chi connectivity index (χ1v) is 10.4. The van der Waals surface area contributed by atoms with Crippen LogP contribution in [0, 0.1) is 5.41 Å². The molecule has 136 valence electrons. The van der Waals surface area contributed by atoms with Crippen LogP contribution in [0.4, 0.5) is 5.69 Å². The van der Waals surface area contributed by atoms with Gasteiger partial charge in [0.05, 0.1) is 11.0 Å². The highest BCUT2D eigenvalue weighted by Gasteiger charge is 2.57. The Hall–Kier alpha value is -1.89. The van der Waals surface area contributed by atoms with Crippen molar-refractivity contribution in [1.29, 1.82) is 0 Å². The number of benzene rings is 1. The quantitative estimate of drug-likeness (QED) is 0.755. The molecule has 0 unspecified atom stereocenters. The van der Waals surface area contributed by atoms with Gasteiger partial charge in [-0.15, -0.1) is 0 Å². The topological polar surface area (TPSA) is 101 Å². The second kappa shape index (κ2) is 6.78. The third-order valence-corrected chi connectivity index (χ3v) is 7.43. The summed E-state index contributed by atoms with van der Waals surface area (Å²) in [5.41, 5.74) is -0.262. The lowest BCUT2D eigenvalue weighted by molar-refractivity contribution is -0.147. The Morgan fingerprint density at radius 3 is 2.44 bits per heavy atom. The fourth-order valence-electron chi connectivity index (χ4n) is 3.43. The number of sulfone groups is 1. The maximum Gasteiger partial charge on any atom is 0.319 e. The molecule has 0 atom stereocenters. The first-order valence-electron chi connectivity index (χ1n) is 8.69. The van der Waals surface area contributed by atoms with E-state index in [1.54, 1.807) is 24.3 Å². The minimum absolute atomic E-state index is 0.0501. The monoisotopic (exact) mass is 365 g/mol. The van der Waals surface area contributed by atoms with Gasteiger partial charge >= 0.3 is 5.97 Å². The number of carboxylic acid groups (broad SMARTS) is 1. The van der Waals surface area contributed by atoms with Crippen LogP contribution >= 0.6 is 0 Å². The summed E-state index contributed by atoms with van der Waals surface area (Å²) in [5.74, 6) is -1.70. The highest BCUT2D eigenvalue weighted by atomic mass is 32.2. The first-order chi connectivity index (χ1) is 11.8. The molecule has 0 saturated heterocycles. The van der Waals surface area contributed by atoms with Gasteiger partial charge in [0.15, 0.2) is 9.84 Å². The van der Waals surface area contributed by atoms with Crippen molar-refractivity contribution in [2.75, 3.05) is 5.32 Å². The second-order valence-electron chi connectivity index (χ2n) is 7.11. The molecule has 2 saturated carbocycles. The number of anilines is 1. The van der Waals surface area contributed by atoms with Crippen molar-refractivity contribution in [2.45, 2.75) is 55.9 Å². The Bertz CT molecular complexity index is 776. The molecule has 7 heteroatoms. The van der Waals surface area contributed by atoms with Crippen LogP contribution in [0.25, 0.3) is 0 Å². The van der Waals surface area contributed by atoms with Crippen LogP contribution in [0.3, 0.4) is 0 Å². The van der Waals surface area contributed by atoms with Crippen LogP contribution < -0.4 is 5.32 Å². The third kappa shape index (κ3) is 3.86. The summed E-state index contributed by atoms with van der Waals surface area (Å²) in [6.45, 7) is 0. The molecular weight excluding hydrogens is 342 g/mol. The molecule has 0 aromatic heterocycles. The lowest BCUT2D eigenvalue weighted by Gasteiger charge is -2.21. The maximum atomic E-state index is 12.6. The maximum absolute atomic E-state index is 12.6. The molecule has 0 bridgehead atoms. The Kier molecular flexibility index (Phi) is 4.86. The van der Waals surface area contributed by atoms with Crippen LogP contribution in [-0.2, 0) is 25.2 Å². The summed E-state index contributed by atoms with van der Waals surface area (Å²) in [4.78, 5) is 23.4. The number of hydrogen-bond acceptors (Lipinski definition) is 4. The van der Waals surface area contributed by atoms with Crippen molar-refractivity contribution in [1.82, 2.24) is 0 Å². The number of amides is 1. The average molecular weight is 365 g/mol. The van der Waals surface area contributed by atoms with Gasteiger partial charge in [-0.2, -0.15) is 0 Å². The first kappa shape index (κ1) is 17.9. The van der Waals surface area contributed by atoms with Gasteiger partial charge in [-0.25, -0.2) is 8.42 Å². The Morgan fingerprint density at radius 1 is 1.16 bits per heavy atom. The van der Waals surface area contributed by atoms with Crippen LogP contribution in [0.1, 0.15) is 50.5 Å². The van der Waals surface area contributed by atoms with Crippen molar-refractivity contribution in [3.63, 3.8) is 0 Å². The van der Waals surface area contributed by atoms with Gasteiger partial charge in [0.1, 0.15) is 5.41 Å². The van der Waals surface area contributed by atoms with Crippen molar-refractivity contribution in [3.8, 4) is 0 Å². The normalized spacial score (nSPS) is 20.0. The molecule has 25 heavy (non-hydrogen) atoms. The van der Waals surface area contributed by atoms with Gasteiger partial charge in [0, 0.05) is 5.69 Å². The number of rotatable bonds is 6. The van der Waals surface area contributed by atoms with Gasteiger partial charge in [-0.1, -0.05) is 31.4 Å². The molecular formula is C18H23NO5S. The predicted molar refractivity (Wildman–Crippen MR) is 93.9 cm³/mol. The molecule has 2 fully saturated rings. The molecule has 2 aliphatic carbocycles. The van der Waals surface area contributed by atoms with Gasteiger partial charge in [-0.05, 0) is 43.4 Å². The highest BCUT2D eigenvalue weighted by molar-refractivity contribution is 7.91. The molecule has 0 aliphatic heterocycles. The van der Waals surface area contributed by atoms with E-state index < -0.39 is 27.1 Å². The number of carboxylic acids is 1. The zero-order valence-corrected chi connectivity index (χ0v) is 14.8. The van der Waals surface area contributed by atoms with Gasteiger partial charge in [0.2, 0.25) is 5.91 Å². The van der Waals surface area contributed by atoms with E-state index in [2.05, 4.69) is 5.32 Å². The van der Waals surface area contributed by atoms with Crippen molar-refractivity contribution in [3.05, 3.63) is 29.8 Å². The summed E-state index contributed by atoms with van der Waals surface area (Å²) in [6.07, 6.45) is 5.13. The molecule has 1 aromatic carbocycles. The Balaban J connectivity index is 1.69. The number of aliphatic carboxylic acids is 1. The molecule has 0 radical (unpaired) electrons. The fourth-order valence-corrected chi connectivity index (χ4v) is 5.36. The van der Waals surface area contributed by atoms with E-state index in [0.29, 0.717) is 24.1 Å². The molecule has 6 nitrogen and oxygen atoms in total. The van der Waals surface area contributed by atoms with E-state index in [9.17, 15) is 18.0 Å². The van der Waals surface area contributed by atoms with E-state index in [1.165, 1.54) is 0 Å². The Labute approximate surface area is 147 Å². The predicted octanol–water partition coefficient (Wildman–Crippen LogP) is 2.74. The van der Waals surface area contributed by atoms with Crippen molar-refractivity contribution < 1.29 is 23.1 Å². The standard InChI is InChI=1S/C18H23NO5S/c20-16(18(9-10-18)17(21)22)19-14-6-4-5-13(11-14)12-25(23,24)15-7-2-1-3-8-15/h4-6,11,15H,1-3,7-10,12H2,(H,19,20)(H,21,22). The summed E-state index contributed by atoms with van der Waals surface area (Å²) in [6, 6.07) is 6.67. The minimum atomic E-state index is -3.22. The van der Waals surface area contributed by atoms with E-state index in [1.807, 2.05) is 0 Å². The van der Waals surface area contributed by atoms with Gasteiger partial charge in [-0.3, -0.25) is 9.59 Å². The second-order valence-corrected chi connectivity index (χ2v) is 9.39. The lowest BCUT2D eigenvalue weighted by atomic mass is 10.0. The van der Waals surface area contributed by atoms with Crippen LogP contribution in [-0.4, -0.2) is 30.7 Å². The van der Waals surface area contributed by atoms with Crippen LogP contribution in [0.2, 0.25) is 0 Å². The molecule has 2 N–H and O–H groups in total. The SMILES string of the molecule is O=C(O)C1(C(=O)Nc2cccc(CS(=O)(=O)C3CCCCC3)c2)CC1. The number of hydrogen-bond donors (Lipinski definition) is 2. The largest absolute Gasteiger partial charge is 0.480 e. The van der Waals surface area contributed by atoms with E-state index in [-0.39, 0.29) is 11.0 Å². The van der Waals surface area contributed by atoms with Crippen molar-refractivity contribution in [2.24, 2.45) is 5.41 Å². The number of nitrogens with one attached hydrogen (secondary N) is 1. The molecule has 1 aromatic rings. The average Bonchev–Trinajstić information content (AvgIpc) is 3.37. The van der Waals surface area contributed by atoms with Crippen LogP contribution in [0.5, 0.6) is 0 Å². The molecule has 0 heterocycles. The zero-order chi connectivity index (χ0) is 18.1. The van der Waals surface area contributed by atoms with Crippen molar-refractivity contribution >= 4 is 27.4 Å². The lowest BCUT2D eigenvalue weighted by Crippen LogP contribution is -2.31. The van der Waals surface area contributed by atoms with E-state index in [4.69, 9.17) is 5.11 Å². The zero-order valence-electron chi connectivity index (χ0n) is 14.0. The summed E-state index contributed by atoms with van der Waals surface area (Å²) < 4.78 is 25.2. The fraction of sp³-hybridized carbons (Fsp3) is 0.556. The van der Waals surface area contributed by atoms with E-state index in [0.717, 1.165) is 32.1 Å². The Morgan fingerprint density at radius 2 is 1.84 bits per heavy atom. The molecule has 1 amide bonds. The summed E-state index contributed by atoms with van der Waals surface area (Å²) in [5, 5.41) is 11.5. The summed E-state index contributed by atoms with van der Waals surface area (Å²) >= 11 is 0. The van der Waals surface area contributed by atoms with Gasteiger partial charge in [0.25, 0.3) is 0 Å². The van der Waals surface area contributed by atoms with E-state index >= 15 is 0 Å². The molecule has 3 rings (SSSR count). The number of carbonyl (C=O) groups excluding carboxylic acids is 1.